The summed E-state index contributed by atoms with van der Waals surface area (Å²) in [6, 6.07) is 57.7. The highest BCUT2D eigenvalue weighted by atomic mass is 16.3. The molecule has 0 atom stereocenters. The topological polar surface area (TPSA) is 43.9 Å². The minimum atomic E-state index is 0.887. The Hall–Kier alpha value is -6.78. The molecule has 0 radical (unpaired) electrons. The van der Waals surface area contributed by atoms with Gasteiger partial charge in [0.15, 0.2) is 0 Å². The maximum Gasteiger partial charge on any atom is 0.135 e. The van der Waals surface area contributed by atoms with Gasteiger partial charge in [0.1, 0.15) is 11.2 Å². The van der Waals surface area contributed by atoms with Crippen molar-refractivity contribution in [3.63, 3.8) is 0 Å². The third-order valence-corrected chi connectivity index (χ3v) is 9.74. The molecule has 0 N–H and O–H groups in total. The summed E-state index contributed by atoms with van der Waals surface area (Å²) in [6.45, 7) is 0. The van der Waals surface area contributed by atoms with Gasteiger partial charge in [0.05, 0.1) is 22.4 Å². The van der Waals surface area contributed by atoms with Crippen molar-refractivity contribution >= 4 is 43.7 Å². The van der Waals surface area contributed by atoms with Crippen LogP contribution in [0.15, 0.2) is 181 Å². The predicted octanol–water partition coefficient (Wildman–Crippen LogP) is 12.1. The fourth-order valence-electron chi connectivity index (χ4n) is 7.45. The van der Waals surface area contributed by atoms with Gasteiger partial charge in [0, 0.05) is 50.8 Å². The van der Waals surface area contributed by atoms with Crippen molar-refractivity contribution in [3.8, 4) is 50.5 Å². The lowest BCUT2D eigenvalue weighted by molar-refractivity contribution is 0.669. The van der Waals surface area contributed by atoms with Crippen LogP contribution in [0.2, 0.25) is 0 Å². The van der Waals surface area contributed by atoms with E-state index in [4.69, 9.17) is 14.4 Å². The SMILES string of the molecule is c1ccc(-c2ccccc2-c2ccc3c(c2)c2cc(-c4ccccc4-c4ccccn4)ccc2n3-c2ccc3oc4ccccc4c3c2)nc1. The van der Waals surface area contributed by atoms with Gasteiger partial charge in [-0.15, -0.1) is 0 Å². The van der Waals surface area contributed by atoms with Gasteiger partial charge in [-0.3, -0.25) is 9.97 Å². The minimum Gasteiger partial charge on any atom is -0.456 e. The number of aromatic nitrogens is 3. The van der Waals surface area contributed by atoms with Gasteiger partial charge in [0.25, 0.3) is 0 Å². The zero-order chi connectivity index (χ0) is 33.0. The van der Waals surface area contributed by atoms with Crippen LogP contribution in [0.5, 0.6) is 0 Å². The molecule has 0 spiro atoms. The molecule has 0 aliphatic heterocycles. The van der Waals surface area contributed by atoms with Crippen LogP contribution in [-0.4, -0.2) is 14.5 Å². The van der Waals surface area contributed by atoms with E-state index < -0.39 is 0 Å². The smallest absolute Gasteiger partial charge is 0.135 e. The Kier molecular flexibility index (Phi) is 6.46. The second-order valence-corrected chi connectivity index (χ2v) is 12.6. The van der Waals surface area contributed by atoms with Crippen molar-refractivity contribution < 1.29 is 4.42 Å². The molecule has 0 aliphatic carbocycles. The normalized spacial score (nSPS) is 11.6. The van der Waals surface area contributed by atoms with Crippen LogP contribution in [0, 0.1) is 0 Å². The fourth-order valence-corrected chi connectivity index (χ4v) is 7.45. The highest BCUT2D eigenvalue weighted by molar-refractivity contribution is 6.13. The molecule has 10 aromatic rings. The Morgan fingerprint density at radius 1 is 0.380 bits per heavy atom. The number of fused-ring (bicyclic) bond motifs is 6. The van der Waals surface area contributed by atoms with Crippen LogP contribution in [0.3, 0.4) is 0 Å². The van der Waals surface area contributed by atoms with E-state index in [0.29, 0.717) is 0 Å². The summed E-state index contributed by atoms with van der Waals surface area (Å²) in [6.07, 6.45) is 3.71. The van der Waals surface area contributed by atoms with Crippen LogP contribution in [-0.2, 0) is 0 Å². The lowest BCUT2D eigenvalue weighted by Gasteiger charge is -2.11. The highest BCUT2D eigenvalue weighted by Crippen LogP contribution is 2.41. The Balaban J connectivity index is 1.24. The molecule has 0 bridgehead atoms. The molecule has 4 aromatic heterocycles. The molecule has 0 saturated carbocycles. The predicted molar refractivity (Wildman–Crippen MR) is 205 cm³/mol. The lowest BCUT2D eigenvalue weighted by atomic mass is 9.94. The molecule has 6 aromatic carbocycles. The standard InChI is InChI=1S/C46H29N3O/c1-3-13-35(41-16-7-9-25-47-41)33(11-1)30-19-22-43-38(27-30)39-28-31(34-12-2-4-14-36(34)42-17-8-10-26-48-42)20-23-44(39)49(43)32-21-24-46-40(29-32)37-15-5-6-18-45(37)50-46/h1-29H. The maximum absolute atomic E-state index is 6.21. The van der Waals surface area contributed by atoms with Crippen LogP contribution in [0.4, 0.5) is 0 Å². The summed E-state index contributed by atoms with van der Waals surface area (Å²) >= 11 is 0. The van der Waals surface area contributed by atoms with E-state index in [1.165, 1.54) is 10.8 Å². The highest BCUT2D eigenvalue weighted by Gasteiger charge is 2.18. The summed E-state index contributed by atoms with van der Waals surface area (Å²) in [5.41, 5.74) is 13.9. The number of hydrogen-bond acceptors (Lipinski definition) is 3. The number of rotatable bonds is 5. The fraction of sp³-hybridized carbons (Fsp3) is 0. The van der Waals surface area contributed by atoms with Crippen LogP contribution < -0.4 is 0 Å². The molecule has 0 saturated heterocycles. The molecule has 4 nitrogen and oxygen atoms in total. The van der Waals surface area contributed by atoms with E-state index in [0.717, 1.165) is 83.4 Å². The molecule has 50 heavy (non-hydrogen) atoms. The number of nitrogens with zero attached hydrogens (tertiary/aromatic N) is 3. The van der Waals surface area contributed by atoms with Crippen molar-refractivity contribution in [2.75, 3.05) is 0 Å². The summed E-state index contributed by atoms with van der Waals surface area (Å²) in [4.78, 5) is 9.39. The van der Waals surface area contributed by atoms with Crippen molar-refractivity contribution in [3.05, 3.63) is 176 Å². The van der Waals surface area contributed by atoms with Gasteiger partial charge in [-0.2, -0.15) is 0 Å². The number of para-hydroxylation sites is 1. The first-order valence-electron chi connectivity index (χ1n) is 16.8. The number of hydrogen-bond donors (Lipinski definition) is 0. The first-order valence-corrected chi connectivity index (χ1v) is 16.8. The monoisotopic (exact) mass is 639 g/mol. The molecular weight excluding hydrogens is 611 g/mol. The molecule has 234 valence electrons. The van der Waals surface area contributed by atoms with E-state index in [9.17, 15) is 0 Å². The summed E-state index contributed by atoms with van der Waals surface area (Å²) < 4.78 is 8.59. The molecular formula is C46H29N3O. The van der Waals surface area contributed by atoms with E-state index in [1.54, 1.807) is 0 Å². The van der Waals surface area contributed by atoms with Crippen LogP contribution >= 0.6 is 0 Å². The van der Waals surface area contributed by atoms with Gasteiger partial charge in [-0.25, -0.2) is 0 Å². The van der Waals surface area contributed by atoms with Crippen LogP contribution in [0.1, 0.15) is 0 Å². The van der Waals surface area contributed by atoms with E-state index >= 15 is 0 Å². The van der Waals surface area contributed by atoms with E-state index in [2.05, 4.69) is 132 Å². The summed E-state index contributed by atoms with van der Waals surface area (Å²) in [5, 5.41) is 4.59. The second kappa shape index (κ2) is 11.4. The minimum absolute atomic E-state index is 0.887. The third-order valence-electron chi connectivity index (χ3n) is 9.74. The Labute approximate surface area is 288 Å². The molecule has 0 aliphatic rings. The van der Waals surface area contributed by atoms with Crippen LogP contribution in [0.25, 0.3) is 94.2 Å². The van der Waals surface area contributed by atoms with Gasteiger partial charge in [-0.05, 0) is 95.1 Å². The molecule has 0 amide bonds. The van der Waals surface area contributed by atoms with Crippen molar-refractivity contribution in [1.82, 2.24) is 14.5 Å². The van der Waals surface area contributed by atoms with Gasteiger partial charge >= 0.3 is 0 Å². The molecule has 4 heterocycles. The average molecular weight is 640 g/mol. The third kappa shape index (κ3) is 4.54. The van der Waals surface area contributed by atoms with Crippen molar-refractivity contribution in [1.29, 1.82) is 0 Å². The zero-order valence-corrected chi connectivity index (χ0v) is 27.0. The summed E-state index contributed by atoms with van der Waals surface area (Å²) in [7, 11) is 0. The quantitative estimate of drug-likeness (QED) is 0.188. The van der Waals surface area contributed by atoms with E-state index in [1.807, 2.05) is 48.8 Å². The van der Waals surface area contributed by atoms with E-state index in [-0.39, 0.29) is 0 Å². The molecule has 4 heteroatoms. The first kappa shape index (κ1) is 28.3. The Morgan fingerprint density at radius 2 is 0.900 bits per heavy atom. The lowest BCUT2D eigenvalue weighted by Crippen LogP contribution is -1.94. The Morgan fingerprint density at radius 3 is 1.48 bits per heavy atom. The maximum atomic E-state index is 6.21. The first-order chi connectivity index (χ1) is 24.8. The summed E-state index contributed by atoms with van der Waals surface area (Å²) in [5.74, 6) is 0. The Bertz CT molecular complexity index is 2730. The molecule has 0 unspecified atom stereocenters. The average Bonchev–Trinajstić information content (AvgIpc) is 3.73. The van der Waals surface area contributed by atoms with Crippen molar-refractivity contribution in [2.45, 2.75) is 0 Å². The number of benzene rings is 6. The van der Waals surface area contributed by atoms with Crippen molar-refractivity contribution in [2.24, 2.45) is 0 Å². The molecule has 10 rings (SSSR count). The largest absolute Gasteiger partial charge is 0.456 e. The van der Waals surface area contributed by atoms with Gasteiger partial charge in [-0.1, -0.05) is 91.0 Å². The molecule has 0 fully saturated rings. The second-order valence-electron chi connectivity index (χ2n) is 12.6. The van der Waals surface area contributed by atoms with Gasteiger partial charge < -0.3 is 8.98 Å². The number of pyridine rings is 2. The van der Waals surface area contributed by atoms with Gasteiger partial charge in [0.2, 0.25) is 0 Å². The number of furan rings is 1. The zero-order valence-electron chi connectivity index (χ0n) is 27.0.